The van der Waals surface area contributed by atoms with E-state index in [0.29, 0.717) is 16.5 Å². The van der Waals surface area contributed by atoms with Crippen molar-refractivity contribution in [2.24, 2.45) is 5.92 Å². The SMILES string of the molecule is COC1=C=[N+]=C(C(F)F)C=C1c1cc(CC(=N)OC(C)=N)ccc1C(=O)Nc1nnc(C#CC2CC2)s1. The highest BCUT2D eigenvalue weighted by atomic mass is 32.1. The lowest BCUT2D eigenvalue weighted by molar-refractivity contribution is 0.102. The van der Waals surface area contributed by atoms with Crippen molar-refractivity contribution >= 4 is 51.3 Å². The van der Waals surface area contributed by atoms with Crippen LogP contribution in [0.25, 0.3) is 5.57 Å². The molecule has 1 amide bonds. The highest BCUT2D eigenvalue weighted by molar-refractivity contribution is 7.15. The molecule has 1 aliphatic carbocycles. The van der Waals surface area contributed by atoms with Crippen LogP contribution in [-0.4, -0.2) is 53.0 Å². The van der Waals surface area contributed by atoms with Crippen molar-refractivity contribution in [2.45, 2.75) is 32.6 Å². The number of hydrogen-bond acceptors (Lipinski definition) is 8. The molecular formula is C25H21F2N6O3S+. The summed E-state index contributed by atoms with van der Waals surface area (Å²) in [5.41, 5.74) is 0.571. The monoisotopic (exact) mass is 523 g/mol. The summed E-state index contributed by atoms with van der Waals surface area (Å²) in [6.45, 7) is 1.40. The van der Waals surface area contributed by atoms with Gasteiger partial charge in [-0.05, 0) is 46.7 Å². The lowest BCUT2D eigenvalue weighted by Gasteiger charge is -2.14. The van der Waals surface area contributed by atoms with Gasteiger partial charge in [0.15, 0.2) is 16.8 Å². The van der Waals surface area contributed by atoms with Crippen LogP contribution in [0.4, 0.5) is 13.9 Å². The highest BCUT2D eigenvalue weighted by Crippen LogP contribution is 2.30. The number of allylic oxidation sites excluding steroid dienone is 2. The minimum Gasteiger partial charge on any atom is -0.484 e. The normalized spacial score (nSPS) is 14.1. The number of hydrogen-bond donors (Lipinski definition) is 3. The average Bonchev–Trinajstić information content (AvgIpc) is 3.59. The fourth-order valence-corrected chi connectivity index (χ4v) is 3.90. The molecule has 0 bridgehead atoms. The molecule has 1 aromatic heterocycles. The van der Waals surface area contributed by atoms with Gasteiger partial charge in [0.05, 0.1) is 7.11 Å². The molecule has 0 spiro atoms. The van der Waals surface area contributed by atoms with Crippen molar-refractivity contribution in [1.29, 1.82) is 10.8 Å². The molecule has 0 atom stereocenters. The van der Waals surface area contributed by atoms with Crippen LogP contribution in [0.2, 0.25) is 0 Å². The van der Waals surface area contributed by atoms with Gasteiger partial charge in [-0.25, -0.2) is 0 Å². The van der Waals surface area contributed by atoms with E-state index in [4.69, 9.17) is 20.3 Å². The third kappa shape index (κ3) is 6.63. The number of carbonyl (C=O) groups is 1. The topological polar surface area (TPSA) is 135 Å². The van der Waals surface area contributed by atoms with Gasteiger partial charge in [-0.2, -0.15) is 8.78 Å². The van der Waals surface area contributed by atoms with Crippen LogP contribution in [0, 0.1) is 28.6 Å². The van der Waals surface area contributed by atoms with E-state index in [-0.39, 0.29) is 45.8 Å². The summed E-state index contributed by atoms with van der Waals surface area (Å²) in [7, 11) is 1.34. The molecule has 9 nitrogen and oxygen atoms in total. The predicted molar refractivity (Wildman–Crippen MR) is 136 cm³/mol. The van der Waals surface area contributed by atoms with Crippen LogP contribution in [0.3, 0.4) is 0 Å². The van der Waals surface area contributed by atoms with E-state index in [1.165, 1.54) is 20.1 Å². The second kappa shape index (κ2) is 11.1. The number of anilines is 1. The summed E-state index contributed by atoms with van der Waals surface area (Å²) >= 11 is 1.13. The molecule has 0 saturated heterocycles. The number of nitrogens with one attached hydrogen (secondary N) is 3. The maximum absolute atomic E-state index is 13.4. The van der Waals surface area contributed by atoms with Gasteiger partial charge in [-0.15, -0.1) is 10.2 Å². The van der Waals surface area contributed by atoms with Gasteiger partial charge in [-0.1, -0.05) is 23.3 Å². The van der Waals surface area contributed by atoms with Gasteiger partial charge in [0.2, 0.25) is 5.13 Å². The zero-order valence-electron chi connectivity index (χ0n) is 19.8. The average molecular weight is 524 g/mol. The van der Waals surface area contributed by atoms with E-state index in [0.717, 1.165) is 30.3 Å². The molecule has 3 N–H and O–H groups in total. The third-order valence-electron chi connectivity index (χ3n) is 5.12. The molecule has 1 aromatic carbocycles. The molecule has 2 aromatic rings. The summed E-state index contributed by atoms with van der Waals surface area (Å²) in [6, 6.07) is 4.68. The quantitative estimate of drug-likeness (QED) is 0.221. The first-order valence-corrected chi connectivity index (χ1v) is 11.9. The number of nitrogens with zero attached hydrogens (tertiary/aromatic N) is 3. The molecule has 4 rings (SSSR count). The molecule has 12 heteroatoms. The van der Waals surface area contributed by atoms with Gasteiger partial charge < -0.3 is 9.47 Å². The maximum atomic E-state index is 13.4. The van der Waals surface area contributed by atoms with Gasteiger partial charge in [0, 0.05) is 36.5 Å². The second-order valence-electron chi connectivity index (χ2n) is 8.09. The van der Waals surface area contributed by atoms with E-state index in [2.05, 4.69) is 37.9 Å². The number of rotatable bonds is 7. The Bertz CT molecular complexity index is 1480. The zero-order chi connectivity index (χ0) is 26.5. The predicted octanol–water partition coefficient (Wildman–Crippen LogP) is 3.46. The van der Waals surface area contributed by atoms with Crippen LogP contribution in [0.5, 0.6) is 0 Å². The largest absolute Gasteiger partial charge is 0.484 e. The lowest BCUT2D eigenvalue weighted by atomic mass is 9.93. The zero-order valence-corrected chi connectivity index (χ0v) is 20.6. The lowest BCUT2D eigenvalue weighted by Crippen LogP contribution is -2.19. The molecule has 37 heavy (non-hydrogen) atoms. The number of amides is 1. The number of methoxy groups -OCH3 is 1. The minimum atomic E-state index is -2.87. The van der Waals surface area contributed by atoms with Gasteiger partial charge >= 0.3 is 18.0 Å². The smallest absolute Gasteiger partial charge is 0.383 e. The van der Waals surface area contributed by atoms with Gasteiger partial charge in [0.1, 0.15) is 0 Å². The Morgan fingerprint density at radius 2 is 2.14 bits per heavy atom. The van der Waals surface area contributed by atoms with E-state index >= 15 is 0 Å². The summed E-state index contributed by atoms with van der Waals surface area (Å²) in [4.78, 5) is 13.3. The second-order valence-corrected chi connectivity index (χ2v) is 9.07. The van der Waals surface area contributed by atoms with E-state index in [1.807, 2.05) is 0 Å². The Labute approximate surface area is 214 Å². The molecule has 2 aliphatic rings. The standard InChI is InChI=1S/C25H20F2N6O3S/c1-13(28)36-21(29)10-15-5-7-16(17(9-15)18-11-19(23(26)27)30-12-20(18)35-2)24(34)31-25-33-32-22(37-25)8-6-14-3-4-14/h5,7,9,11,14,23,28-29H,3-4,10H2,1-2H3/p+1. The maximum Gasteiger partial charge on any atom is 0.383 e. The fraction of sp³-hybridized carbons (Fsp3) is 0.280. The van der Waals surface area contributed by atoms with Crippen molar-refractivity contribution in [3.63, 3.8) is 0 Å². The Morgan fingerprint density at radius 1 is 1.35 bits per heavy atom. The highest BCUT2D eigenvalue weighted by Gasteiger charge is 2.30. The van der Waals surface area contributed by atoms with Crippen LogP contribution in [0.1, 0.15) is 46.3 Å². The molecule has 1 aliphatic heterocycles. The van der Waals surface area contributed by atoms with Gasteiger partial charge in [0.25, 0.3) is 11.7 Å². The van der Waals surface area contributed by atoms with E-state index in [1.54, 1.807) is 12.1 Å². The van der Waals surface area contributed by atoms with Crippen molar-refractivity contribution in [2.75, 3.05) is 12.4 Å². The van der Waals surface area contributed by atoms with E-state index in [9.17, 15) is 13.6 Å². The summed E-state index contributed by atoms with van der Waals surface area (Å²) in [5, 5.41) is 26.7. The van der Waals surface area contributed by atoms with Crippen molar-refractivity contribution in [3.8, 4) is 11.8 Å². The Hall–Kier alpha value is -4.42. The summed E-state index contributed by atoms with van der Waals surface area (Å²) in [6.07, 6.45) is 0.419. The van der Waals surface area contributed by atoms with Crippen molar-refractivity contribution in [3.05, 3.63) is 51.7 Å². The molecular weight excluding hydrogens is 502 g/mol. The number of carbonyl (C=O) groups excluding carboxylic acids is 1. The molecule has 188 valence electrons. The number of halogens is 2. The Morgan fingerprint density at radius 3 is 2.81 bits per heavy atom. The Kier molecular flexibility index (Phi) is 7.70. The van der Waals surface area contributed by atoms with Crippen molar-refractivity contribution < 1.29 is 23.0 Å². The molecule has 0 radical (unpaired) electrons. The number of alkyl halides is 2. The number of ether oxygens (including phenoxy) is 2. The van der Waals surface area contributed by atoms with E-state index < -0.39 is 18.0 Å². The Balaban J connectivity index is 1.68. The number of aromatic nitrogens is 2. The molecule has 1 saturated carbocycles. The number of benzene rings is 1. The first-order chi connectivity index (χ1) is 17.7. The fourth-order valence-electron chi connectivity index (χ4n) is 3.30. The third-order valence-corrected chi connectivity index (χ3v) is 5.87. The minimum absolute atomic E-state index is 0.00333. The first-order valence-electron chi connectivity index (χ1n) is 11.1. The van der Waals surface area contributed by atoms with Gasteiger partial charge in [-0.3, -0.25) is 20.9 Å². The van der Waals surface area contributed by atoms with Crippen LogP contribution in [0.15, 0.2) is 30.0 Å². The van der Waals surface area contributed by atoms with Crippen LogP contribution < -0.4 is 9.98 Å². The first kappa shape index (κ1) is 25.7. The summed E-state index contributed by atoms with van der Waals surface area (Å²) < 4.78 is 40.8. The van der Waals surface area contributed by atoms with Crippen molar-refractivity contribution in [1.82, 2.24) is 14.9 Å². The van der Waals surface area contributed by atoms with Crippen LogP contribution >= 0.6 is 11.3 Å². The molecule has 1 fully saturated rings. The molecule has 0 unspecified atom stereocenters. The summed E-state index contributed by atoms with van der Waals surface area (Å²) in [5.74, 6) is 8.04. The molecule has 2 heterocycles. The van der Waals surface area contributed by atoms with Crippen LogP contribution in [-0.2, 0) is 15.9 Å².